The molecule has 6 heteroatoms. The van der Waals surface area contributed by atoms with Crippen molar-refractivity contribution >= 4 is 11.4 Å². The number of halogens is 3. The van der Waals surface area contributed by atoms with E-state index in [-0.39, 0.29) is 11.4 Å². The van der Waals surface area contributed by atoms with E-state index in [4.69, 9.17) is 11.5 Å². The molecular weight excluding hydrogens is 219 g/mol. The third-order valence-electron chi connectivity index (χ3n) is 2.11. The van der Waals surface area contributed by atoms with Gasteiger partial charge in [0.15, 0.2) is 0 Å². The highest BCUT2D eigenvalue weighted by Crippen LogP contribution is 2.34. The average Bonchev–Trinajstić information content (AvgIpc) is 2.10. The fourth-order valence-electron chi connectivity index (χ4n) is 1.37. The van der Waals surface area contributed by atoms with Crippen molar-refractivity contribution in [2.24, 2.45) is 0 Å². The smallest absolute Gasteiger partial charge is 0.397 e. The number of nitrogen functional groups attached to an aromatic ring is 2. The number of alkyl halides is 3. The molecule has 0 spiro atoms. The van der Waals surface area contributed by atoms with Crippen molar-refractivity contribution in [1.29, 1.82) is 0 Å². The lowest BCUT2D eigenvalue weighted by atomic mass is 10.1. The summed E-state index contributed by atoms with van der Waals surface area (Å²) >= 11 is 0. The van der Waals surface area contributed by atoms with E-state index in [1.807, 2.05) is 0 Å². The monoisotopic (exact) mass is 233 g/mol. The van der Waals surface area contributed by atoms with Gasteiger partial charge in [0.05, 0.1) is 16.9 Å². The normalized spacial score (nSPS) is 12.1. The molecule has 0 aromatic heterocycles. The van der Waals surface area contributed by atoms with Crippen LogP contribution in [0.3, 0.4) is 0 Å². The molecule has 0 heterocycles. The van der Waals surface area contributed by atoms with E-state index < -0.39 is 11.7 Å². The van der Waals surface area contributed by atoms with Gasteiger partial charge in [-0.15, -0.1) is 0 Å². The van der Waals surface area contributed by atoms with Crippen LogP contribution >= 0.6 is 0 Å². The minimum atomic E-state index is -4.40. The maximum atomic E-state index is 12.5. The molecule has 0 saturated heterocycles. The van der Waals surface area contributed by atoms with E-state index in [0.29, 0.717) is 12.1 Å². The van der Waals surface area contributed by atoms with Gasteiger partial charge >= 0.3 is 6.18 Å². The van der Waals surface area contributed by atoms with Crippen LogP contribution in [0.1, 0.15) is 11.1 Å². The highest BCUT2D eigenvalue weighted by molar-refractivity contribution is 5.68. The summed E-state index contributed by atoms with van der Waals surface area (Å²) in [5.41, 5.74) is 10.9. The number of benzene rings is 1. The molecule has 0 radical (unpaired) electrons. The molecule has 0 amide bonds. The van der Waals surface area contributed by atoms with Gasteiger partial charge in [0.25, 0.3) is 0 Å². The Morgan fingerprint density at radius 3 is 2.19 bits per heavy atom. The highest BCUT2D eigenvalue weighted by Gasteiger charge is 2.31. The molecule has 4 N–H and O–H groups in total. The first-order chi connectivity index (χ1) is 7.21. The van der Waals surface area contributed by atoms with E-state index in [1.54, 1.807) is 19.0 Å². The van der Waals surface area contributed by atoms with Crippen LogP contribution in [-0.2, 0) is 12.7 Å². The Morgan fingerprint density at radius 2 is 1.75 bits per heavy atom. The van der Waals surface area contributed by atoms with Gasteiger partial charge in [0, 0.05) is 6.54 Å². The van der Waals surface area contributed by atoms with E-state index in [1.165, 1.54) is 0 Å². The van der Waals surface area contributed by atoms with Crippen molar-refractivity contribution in [2.45, 2.75) is 12.7 Å². The highest BCUT2D eigenvalue weighted by atomic mass is 19.4. The number of nitrogens with two attached hydrogens (primary N) is 2. The maximum absolute atomic E-state index is 12.5. The average molecular weight is 233 g/mol. The number of nitrogens with zero attached hydrogens (tertiary/aromatic N) is 1. The summed E-state index contributed by atoms with van der Waals surface area (Å²) in [6.07, 6.45) is -4.40. The molecule has 1 aromatic carbocycles. The summed E-state index contributed by atoms with van der Waals surface area (Å²) in [6, 6.07) is 1.89. The molecule has 0 fully saturated rings. The molecule has 0 unspecified atom stereocenters. The Hall–Kier alpha value is -1.43. The lowest BCUT2D eigenvalue weighted by Gasteiger charge is -2.16. The second-order valence-electron chi connectivity index (χ2n) is 3.87. The van der Waals surface area contributed by atoms with Crippen LogP contribution in [0.25, 0.3) is 0 Å². The second-order valence-corrected chi connectivity index (χ2v) is 3.87. The number of hydrogen-bond donors (Lipinski definition) is 2. The molecule has 0 aliphatic rings. The summed E-state index contributed by atoms with van der Waals surface area (Å²) < 4.78 is 37.5. The Kier molecular flexibility index (Phi) is 3.32. The van der Waals surface area contributed by atoms with Crippen LogP contribution in [-0.4, -0.2) is 19.0 Å². The number of hydrogen-bond acceptors (Lipinski definition) is 3. The summed E-state index contributed by atoms with van der Waals surface area (Å²) in [4.78, 5) is 1.73. The molecule has 0 bridgehead atoms. The van der Waals surface area contributed by atoms with E-state index in [0.717, 1.165) is 12.1 Å². The molecule has 16 heavy (non-hydrogen) atoms. The Morgan fingerprint density at radius 1 is 1.19 bits per heavy atom. The molecule has 1 rings (SSSR count). The molecule has 0 saturated carbocycles. The van der Waals surface area contributed by atoms with E-state index >= 15 is 0 Å². The molecule has 0 aliphatic heterocycles. The minimum Gasteiger partial charge on any atom is -0.397 e. The van der Waals surface area contributed by atoms with E-state index in [2.05, 4.69) is 0 Å². The Labute approximate surface area is 91.8 Å². The predicted molar refractivity (Wildman–Crippen MR) is 57.7 cm³/mol. The Balaban J connectivity index is 3.22. The third kappa shape index (κ3) is 2.79. The second kappa shape index (κ2) is 4.21. The maximum Gasteiger partial charge on any atom is 0.416 e. The van der Waals surface area contributed by atoms with Gasteiger partial charge in [-0.1, -0.05) is 0 Å². The molecule has 3 nitrogen and oxygen atoms in total. The number of anilines is 2. The van der Waals surface area contributed by atoms with Crippen LogP contribution in [0, 0.1) is 0 Å². The first-order valence-corrected chi connectivity index (χ1v) is 4.61. The first-order valence-electron chi connectivity index (χ1n) is 4.61. The van der Waals surface area contributed by atoms with Crippen LogP contribution in [0.2, 0.25) is 0 Å². The van der Waals surface area contributed by atoms with Crippen molar-refractivity contribution in [2.75, 3.05) is 25.6 Å². The van der Waals surface area contributed by atoms with Gasteiger partial charge in [0.1, 0.15) is 0 Å². The lowest BCUT2D eigenvalue weighted by Crippen LogP contribution is -2.15. The fraction of sp³-hybridized carbons (Fsp3) is 0.400. The zero-order chi connectivity index (χ0) is 12.5. The SMILES string of the molecule is CN(C)Cc1cc(C(F)(F)F)cc(N)c1N. The topological polar surface area (TPSA) is 55.3 Å². The largest absolute Gasteiger partial charge is 0.416 e. The van der Waals surface area contributed by atoms with Gasteiger partial charge in [-0.2, -0.15) is 13.2 Å². The standard InChI is InChI=1S/C10H14F3N3/c1-16(2)5-6-3-7(10(11,12)13)4-8(14)9(6)15/h3-4H,5,14-15H2,1-2H3. The molecule has 0 atom stereocenters. The van der Waals surface area contributed by atoms with Gasteiger partial charge in [0.2, 0.25) is 0 Å². The number of rotatable bonds is 2. The van der Waals surface area contributed by atoms with Crippen LogP contribution < -0.4 is 11.5 Å². The van der Waals surface area contributed by atoms with Gasteiger partial charge in [-0.25, -0.2) is 0 Å². The zero-order valence-electron chi connectivity index (χ0n) is 9.10. The summed E-state index contributed by atoms with van der Waals surface area (Å²) in [7, 11) is 3.49. The molecule has 1 aromatic rings. The van der Waals surface area contributed by atoms with Crippen molar-refractivity contribution in [3.63, 3.8) is 0 Å². The zero-order valence-corrected chi connectivity index (χ0v) is 9.10. The van der Waals surface area contributed by atoms with Crippen molar-refractivity contribution in [3.8, 4) is 0 Å². The Bertz CT molecular complexity index is 386. The van der Waals surface area contributed by atoms with Gasteiger partial charge in [-0.05, 0) is 31.8 Å². The van der Waals surface area contributed by atoms with E-state index in [9.17, 15) is 13.2 Å². The molecule has 0 aliphatic carbocycles. The summed E-state index contributed by atoms with van der Waals surface area (Å²) in [6.45, 7) is 0.319. The summed E-state index contributed by atoms with van der Waals surface area (Å²) in [5, 5.41) is 0. The lowest BCUT2D eigenvalue weighted by molar-refractivity contribution is -0.137. The van der Waals surface area contributed by atoms with Gasteiger partial charge in [-0.3, -0.25) is 0 Å². The molecular formula is C10H14F3N3. The minimum absolute atomic E-state index is 0.0355. The predicted octanol–water partition coefficient (Wildman–Crippen LogP) is 1.93. The fourth-order valence-corrected chi connectivity index (χ4v) is 1.37. The van der Waals surface area contributed by atoms with Crippen LogP contribution in [0.5, 0.6) is 0 Å². The molecule has 90 valence electrons. The van der Waals surface area contributed by atoms with Crippen LogP contribution in [0.4, 0.5) is 24.5 Å². The van der Waals surface area contributed by atoms with Crippen LogP contribution in [0.15, 0.2) is 12.1 Å². The quantitative estimate of drug-likeness (QED) is 0.767. The van der Waals surface area contributed by atoms with Crippen molar-refractivity contribution < 1.29 is 13.2 Å². The van der Waals surface area contributed by atoms with Gasteiger partial charge < -0.3 is 16.4 Å². The third-order valence-corrected chi connectivity index (χ3v) is 2.11. The summed E-state index contributed by atoms with van der Waals surface area (Å²) in [5.74, 6) is 0. The first kappa shape index (κ1) is 12.6. The van der Waals surface area contributed by atoms with Crippen molar-refractivity contribution in [1.82, 2.24) is 4.90 Å². The van der Waals surface area contributed by atoms with Crippen molar-refractivity contribution in [3.05, 3.63) is 23.3 Å².